The Morgan fingerprint density at radius 2 is 2.25 bits per heavy atom. The van der Waals surface area contributed by atoms with Crippen LogP contribution in [0.5, 0.6) is 11.5 Å². The third-order valence-corrected chi connectivity index (χ3v) is 3.29. The van der Waals surface area contributed by atoms with Crippen molar-refractivity contribution in [3.8, 4) is 11.5 Å². The van der Waals surface area contributed by atoms with Gasteiger partial charge in [0.05, 0.1) is 6.61 Å². The molecule has 2 heterocycles. The van der Waals surface area contributed by atoms with Crippen molar-refractivity contribution < 1.29 is 19.0 Å². The predicted octanol–water partition coefficient (Wildman–Crippen LogP) is 1.32. The molecule has 106 valence electrons. The summed E-state index contributed by atoms with van der Waals surface area (Å²) in [6.45, 7) is 4.39. The lowest BCUT2D eigenvalue weighted by molar-refractivity contribution is -0.122. The van der Waals surface area contributed by atoms with Gasteiger partial charge in [0.1, 0.15) is 17.6 Å². The Kier molecular flexibility index (Phi) is 3.00. The Hall–Kier alpha value is -2.24. The molecule has 0 aliphatic carbocycles. The van der Waals surface area contributed by atoms with E-state index in [2.05, 4.69) is 4.99 Å². The van der Waals surface area contributed by atoms with E-state index in [1.807, 2.05) is 19.9 Å². The number of ether oxygens (including phenoxy) is 3. The van der Waals surface area contributed by atoms with Crippen LogP contribution in [-0.2, 0) is 16.0 Å². The number of nitrogens with zero attached hydrogens (tertiary/aromatic N) is 1. The Balaban J connectivity index is 2.01. The number of nitrogens with two attached hydrogens (primary N) is 1. The SMILES string of the molecule is CCOc1cc2c(cc1C1OC(N)=NC1=O)OC(C)C2. The van der Waals surface area contributed by atoms with Gasteiger partial charge in [-0.05, 0) is 26.0 Å². The first kappa shape index (κ1) is 12.8. The second kappa shape index (κ2) is 4.70. The third-order valence-electron chi connectivity index (χ3n) is 3.29. The minimum Gasteiger partial charge on any atom is -0.493 e. The van der Waals surface area contributed by atoms with Crippen molar-refractivity contribution in [1.82, 2.24) is 0 Å². The molecular weight excluding hydrogens is 260 g/mol. The van der Waals surface area contributed by atoms with Crippen LogP contribution in [0, 0.1) is 0 Å². The number of amidine groups is 1. The molecule has 0 bridgehead atoms. The molecule has 0 radical (unpaired) electrons. The molecule has 1 aromatic carbocycles. The number of carbonyl (C=O) groups excluding carboxylic acids is 1. The van der Waals surface area contributed by atoms with Crippen molar-refractivity contribution in [3.63, 3.8) is 0 Å². The molecule has 2 aliphatic heterocycles. The van der Waals surface area contributed by atoms with E-state index in [9.17, 15) is 4.79 Å². The first-order valence-corrected chi connectivity index (χ1v) is 6.59. The summed E-state index contributed by atoms with van der Waals surface area (Å²) in [4.78, 5) is 15.4. The van der Waals surface area contributed by atoms with Crippen molar-refractivity contribution in [3.05, 3.63) is 23.3 Å². The normalized spacial score (nSPS) is 23.9. The fraction of sp³-hybridized carbons (Fsp3) is 0.429. The molecule has 6 heteroatoms. The molecular formula is C14H16N2O4. The zero-order chi connectivity index (χ0) is 14.3. The predicted molar refractivity (Wildman–Crippen MR) is 71.9 cm³/mol. The zero-order valence-corrected chi connectivity index (χ0v) is 11.4. The van der Waals surface area contributed by atoms with Crippen LogP contribution < -0.4 is 15.2 Å². The van der Waals surface area contributed by atoms with Crippen molar-refractivity contribution in [2.24, 2.45) is 10.7 Å². The van der Waals surface area contributed by atoms with Crippen LogP contribution in [0.1, 0.15) is 31.1 Å². The van der Waals surface area contributed by atoms with Crippen molar-refractivity contribution >= 4 is 11.9 Å². The van der Waals surface area contributed by atoms with E-state index < -0.39 is 12.0 Å². The number of hydrogen-bond donors (Lipinski definition) is 1. The van der Waals surface area contributed by atoms with E-state index >= 15 is 0 Å². The van der Waals surface area contributed by atoms with Gasteiger partial charge < -0.3 is 19.9 Å². The third kappa shape index (κ3) is 2.07. The summed E-state index contributed by atoms with van der Waals surface area (Å²) >= 11 is 0. The van der Waals surface area contributed by atoms with E-state index in [1.54, 1.807) is 6.07 Å². The van der Waals surface area contributed by atoms with Crippen LogP contribution in [-0.4, -0.2) is 24.6 Å². The quantitative estimate of drug-likeness (QED) is 0.900. The summed E-state index contributed by atoms with van der Waals surface area (Å²) in [6.07, 6.45) is 0.103. The molecule has 3 rings (SSSR count). The average Bonchev–Trinajstić information content (AvgIpc) is 2.89. The minimum absolute atomic E-state index is 0.114. The summed E-state index contributed by atoms with van der Waals surface area (Å²) in [5, 5.41) is 0. The maximum atomic E-state index is 11.8. The van der Waals surface area contributed by atoms with Gasteiger partial charge in [-0.2, -0.15) is 4.99 Å². The standard InChI is InChI=1S/C14H16N2O4/c1-3-18-11-5-8-4-7(2)19-10(8)6-9(11)12-13(17)16-14(15)20-12/h5-7,12H,3-4H2,1-2H3,(H2,15,16,17). The van der Waals surface area contributed by atoms with E-state index in [1.165, 1.54) is 0 Å². The van der Waals surface area contributed by atoms with Crippen LogP contribution in [0.4, 0.5) is 0 Å². The largest absolute Gasteiger partial charge is 0.493 e. The Morgan fingerprint density at radius 1 is 1.45 bits per heavy atom. The van der Waals surface area contributed by atoms with Gasteiger partial charge in [0.25, 0.3) is 11.9 Å². The molecule has 2 N–H and O–H groups in total. The molecule has 0 fully saturated rings. The second-order valence-corrected chi connectivity index (χ2v) is 4.85. The molecule has 6 nitrogen and oxygen atoms in total. The lowest BCUT2D eigenvalue weighted by atomic mass is 10.0. The molecule has 2 unspecified atom stereocenters. The van der Waals surface area contributed by atoms with Gasteiger partial charge in [-0.3, -0.25) is 4.79 Å². The van der Waals surface area contributed by atoms with Crippen LogP contribution >= 0.6 is 0 Å². The van der Waals surface area contributed by atoms with E-state index in [4.69, 9.17) is 19.9 Å². The highest BCUT2D eigenvalue weighted by Gasteiger charge is 2.34. The molecule has 2 aliphatic rings. The van der Waals surface area contributed by atoms with E-state index in [0.717, 1.165) is 17.7 Å². The average molecular weight is 276 g/mol. The maximum absolute atomic E-state index is 11.8. The van der Waals surface area contributed by atoms with Gasteiger partial charge >= 0.3 is 0 Å². The van der Waals surface area contributed by atoms with Gasteiger partial charge in [0, 0.05) is 17.5 Å². The van der Waals surface area contributed by atoms with Gasteiger partial charge in [-0.25, -0.2) is 0 Å². The first-order chi connectivity index (χ1) is 9.58. The Labute approximate surface area is 116 Å². The van der Waals surface area contributed by atoms with Gasteiger partial charge in [0.2, 0.25) is 6.10 Å². The molecule has 1 aromatic rings. The fourth-order valence-corrected chi connectivity index (χ4v) is 2.50. The lowest BCUT2D eigenvalue weighted by Gasteiger charge is -2.15. The second-order valence-electron chi connectivity index (χ2n) is 4.85. The highest BCUT2D eigenvalue weighted by Crippen LogP contribution is 2.39. The minimum atomic E-state index is -0.846. The zero-order valence-electron chi connectivity index (χ0n) is 11.4. The Morgan fingerprint density at radius 3 is 2.90 bits per heavy atom. The summed E-state index contributed by atoms with van der Waals surface area (Å²) in [5.74, 6) is 0.958. The van der Waals surface area contributed by atoms with Crippen molar-refractivity contribution in [1.29, 1.82) is 0 Å². The molecule has 2 atom stereocenters. The summed E-state index contributed by atoms with van der Waals surface area (Å²) in [7, 11) is 0. The highest BCUT2D eigenvalue weighted by molar-refractivity contribution is 5.98. The number of amides is 1. The maximum Gasteiger partial charge on any atom is 0.296 e. The number of hydrogen-bond acceptors (Lipinski definition) is 5. The van der Waals surface area contributed by atoms with Crippen LogP contribution in [0.3, 0.4) is 0 Å². The number of aliphatic imine (C=N–C) groups is 1. The van der Waals surface area contributed by atoms with E-state index in [-0.39, 0.29) is 12.1 Å². The molecule has 0 aromatic heterocycles. The molecule has 0 spiro atoms. The molecule has 0 saturated heterocycles. The van der Waals surface area contributed by atoms with Crippen molar-refractivity contribution in [2.75, 3.05) is 6.61 Å². The van der Waals surface area contributed by atoms with Gasteiger partial charge in [-0.15, -0.1) is 0 Å². The van der Waals surface area contributed by atoms with Gasteiger partial charge in [0.15, 0.2) is 0 Å². The monoisotopic (exact) mass is 276 g/mol. The lowest BCUT2D eigenvalue weighted by Crippen LogP contribution is -2.15. The molecule has 1 amide bonds. The number of benzene rings is 1. The highest BCUT2D eigenvalue weighted by atomic mass is 16.5. The van der Waals surface area contributed by atoms with Crippen LogP contribution in [0.2, 0.25) is 0 Å². The number of fused-ring (bicyclic) bond motifs is 1. The Bertz CT molecular complexity index is 597. The fourth-order valence-electron chi connectivity index (χ4n) is 2.50. The van der Waals surface area contributed by atoms with Crippen LogP contribution in [0.25, 0.3) is 0 Å². The summed E-state index contributed by atoms with van der Waals surface area (Å²) in [5.41, 5.74) is 7.13. The smallest absolute Gasteiger partial charge is 0.296 e. The summed E-state index contributed by atoms with van der Waals surface area (Å²) in [6, 6.07) is 3.58. The van der Waals surface area contributed by atoms with Gasteiger partial charge in [-0.1, -0.05) is 0 Å². The van der Waals surface area contributed by atoms with Crippen LogP contribution in [0.15, 0.2) is 17.1 Å². The molecule has 0 saturated carbocycles. The number of carbonyl (C=O) groups is 1. The number of rotatable bonds is 3. The van der Waals surface area contributed by atoms with E-state index in [0.29, 0.717) is 17.9 Å². The topological polar surface area (TPSA) is 83.1 Å². The first-order valence-electron chi connectivity index (χ1n) is 6.59. The summed E-state index contributed by atoms with van der Waals surface area (Å²) < 4.78 is 16.6. The molecule has 20 heavy (non-hydrogen) atoms. The van der Waals surface area contributed by atoms with Crippen molar-refractivity contribution in [2.45, 2.75) is 32.5 Å².